The third-order valence-electron chi connectivity index (χ3n) is 1.52. The number of carbonyl (C=O) groups excluding carboxylic acids is 1. The standard InChI is InChI=1S/C9H10N2O3/c1-6(12)14-8-5-3-2-4-7(8)9(10)11-13/h2-5,13H,1H3,(H2,10,11). The molecule has 0 unspecified atom stereocenters. The van der Waals surface area contributed by atoms with Crippen LogP contribution < -0.4 is 10.5 Å². The summed E-state index contributed by atoms with van der Waals surface area (Å²) in [6.45, 7) is 1.28. The van der Waals surface area contributed by atoms with Crippen LogP contribution >= 0.6 is 0 Å². The average Bonchev–Trinajstić information content (AvgIpc) is 2.16. The van der Waals surface area contributed by atoms with E-state index in [9.17, 15) is 4.79 Å². The summed E-state index contributed by atoms with van der Waals surface area (Å²) in [5, 5.41) is 11.3. The van der Waals surface area contributed by atoms with Gasteiger partial charge in [0.1, 0.15) is 5.75 Å². The van der Waals surface area contributed by atoms with Gasteiger partial charge < -0.3 is 15.7 Å². The number of hydrogen-bond acceptors (Lipinski definition) is 4. The van der Waals surface area contributed by atoms with Crippen LogP contribution in [-0.4, -0.2) is 17.0 Å². The molecule has 5 nitrogen and oxygen atoms in total. The lowest BCUT2D eigenvalue weighted by molar-refractivity contribution is -0.131. The van der Waals surface area contributed by atoms with E-state index in [0.29, 0.717) is 5.56 Å². The SMILES string of the molecule is CC(=O)Oc1ccccc1/C(N)=N\O. The number of ether oxygens (including phenoxy) is 1. The Morgan fingerprint density at radius 1 is 1.50 bits per heavy atom. The molecule has 0 fully saturated rings. The third kappa shape index (κ3) is 2.22. The number of benzene rings is 1. The molecule has 0 aliphatic heterocycles. The van der Waals surface area contributed by atoms with Gasteiger partial charge in [0.2, 0.25) is 0 Å². The Hall–Kier alpha value is -2.04. The molecule has 1 rings (SSSR count). The normalized spacial score (nSPS) is 11.1. The number of hydrogen-bond donors (Lipinski definition) is 2. The molecule has 0 aliphatic rings. The van der Waals surface area contributed by atoms with Gasteiger partial charge in [-0.05, 0) is 12.1 Å². The fourth-order valence-electron chi connectivity index (χ4n) is 0.976. The second-order valence-electron chi connectivity index (χ2n) is 2.58. The summed E-state index contributed by atoms with van der Waals surface area (Å²) in [6.07, 6.45) is 0. The minimum atomic E-state index is -0.455. The van der Waals surface area contributed by atoms with Crippen molar-refractivity contribution in [1.29, 1.82) is 0 Å². The largest absolute Gasteiger partial charge is 0.426 e. The summed E-state index contributed by atoms with van der Waals surface area (Å²) in [6, 6.07) is 6.54. The second-order valence-corrected chi connectivity index (χ2v) is 2.58. The minimum Gasteiger partial charge on any atom is -0.426 e. The molecule has 74 valence electrons. The first-order valence-corrected chi connectivity index (χ1v) is 3.90. The molecule has 14 heavy (non-hydrogen) atoms. The van der Waals surface area contributed by atoms with Crippen LogP contribution in [0.1, 0.15) is 12.5 Å². The molecular formula is C9H10N2O3. The molecule has 0 atom stereocenters. The van der Waals surface area contributed by atoms with Gasteiger partial charge in [0, 0.05) is 6.92 Å². The van der Waals surface area contributed by atoms with Gasteiger partial charge in [0.25, 0.3) is 0 Å². The van der Waals surface area contributed by atoms with Crippen molar-refractivity contribution in [3.05, 3.63) is 29.8 Å². The molecule has 0 heterocycles. The lowest BCUT2D eigenvalue weighted by atomic mass is 10.2. The summed E-state index contributed by atoms with van der Waals surface area (Å²) < 4.78 is 4.86. The maximum atomic E-state index is 10.7. The van der Waals surface area contributed by atoms with Crippen LogP contribution in [0.25, 0.3) is 0 Å². The van der Waals surface area contributed by atoms with Crippen LogP contribution in [0.15, 0.2) is 29.4 Å². The summed E-state index contributed by atoms with van der Waals surface area (Å²) in [5.41, 5.74) is 5.76. The van der Waals surface area contributed by atoms with Crippen molar-refractivity contribution in [1.82, 2.24) is 0 Å². The number of para-hydroxylation sites is 1. The highest BCUT2D eigenvalue weighted by molar-refractivity contribution is 6.00. The van der Waals surface area contributed by atoms with Crippen molar-refractivity contribution in [3.63, 3.8) is 0 Å². The van der Waals surface area contributed by atoms with Gasteiger partial charge in [-0.25, -0.2) is 0 Å². The fraction of sp³-hybridized carbons (Fsp3) is 0.111. The zero-order chi connectivity index (χ0) is 10.6. The highest BCUT2D eigenvalue weighted by atomic mass is 16.5. The zero-order valence-corrected chi connectivity index (χ0v) is 7.60. The monoisotopic (exact) mass is 194 g/mol. The Balaban J connectivity index is 3.09. The summed E-state index contributed by atoms with van der Waals surface area (Å²) in [4.78, 5) is 10.7. The fourth-order valence-corrected chi connectivity index (χ4v) is 0.976. The number of carbonyl (C=O) groups is 1. The van der Waals surface area contributed by atoms with E-state index in [1.54, 1.807) is 24.3 Å². The maximum Gasteiger partial charge on any atom is 0.308 e. The molecular weight excluding hydrogens is 184 g/mol. The summed E-state index contributed by atoms with van der Waals surface area (Å²) in [5.74, 6) is -0.277. The third-order valence-corrected chi connectivity index (χ3v) is 1.52. The smallest absolute Gasteiger partial charge is 0.308 e. The molecule has 0 spiro atoms. The first-order chi connectivity index (χ1) is 6.65. The van der Waals surface area contributed by atoms with E-state index in [1.165, 1.54) is 6.92 Å². The Labute approximate surface area is 80.8 Å². The maximum absolute atomic E-state index is 10.7. The number of esters is 1. The average molecular weight is 194 g/mol. The number of nitrogens with zero attached hydrogens (tertiary/aromatic N) is 1. The second kappa shape index (κ2) is 4.27. The van der Waals surface area contributed by atoms with Crippen molar-refractivity contribution < 1.29 is 14.7 Å². The van der Waals surface area contributed by atoms with E-state index < -0.39 is 5.97 Å². The van der Waals surface area contributed by atoms with Gasteiger partial charge in [-0.1, -0.05) is 17.3 Å². The van der Waals surface area contributed by atoms with E-state index in [2.05, 4.69) is 5.16 Å². The Morgan fingerprint density at radius 2 is 2.14 bits per heavy atom. The van der Waals surface area contributed by atoms with E-state index >= 15 is 0 Å². The van der Waals surface area contributed by atoms with E-state index in [1.807, 2.05) is 0 Å². The Bertz CT molecular complexity index is 374. The van der Waals surface area contributed by atoms with Crippen molar-refractivity contribution in [2.75, 3.05) is 0 Å². The van der Waals surface area contributed by atoms with Crippen LogP contribution in [0.3, 0.4) is 0 Å². The van der Waals surface area contributed by atoms with Gasteiger partial charge in [0.15, 0.2) is 5.84 Å². The predicted molar refractivity (Wildman–Crippen MR) is 50.3 cm³/mol. The first-order valence-electron chi connectivity index (χ1n) is 3.90. The van der Waals surface area contributed by atoms with Crippen molar-refractivity contribution >= 4 is 11.8 Å². The molecule has 0 aromatic heterocycles. The molecule has 0 amide bonds. The lowest BCUT2D eigenvalue weighted by Gasteiger charge is -2.06. The quantitative estimate of drug-likeness (QED) is 0.181. The lowest BCUT2D eigenvalue weighted by Crippen LogP contribution is -2.15. The van der Waals surface area contributed by atoms with Crippen LogP contribution in [-0.2, 0) is 4.79 Å². The number of amidine groups is 1. The molecule has 0 saturated heterocycles. The summed E-state index contributed by atoms with van der Waals surface area (Å²) in [7, 11) is 0. The summed E-state index contributed by atoms with van der Waals surface area (Å²) >= 11 is 0. The molecule has 0 bridgehead atoms. The topological polar surface area (TPSA) is 84.9 Å². The number of oxime groups is 1. The van der Waals surface area contributed by atoms with Crippen LogP contribution in [0.5, 0.6) is 5.75 Å². The molecule has 1 aromatic carbocycles. The van der Waals surface area contributed by atoms with Crippen LogP contribution in [0, 0.1) is 0 Å². The molecule has 0 aliphatic carbocycles. The van der Waals surface area contributed by atoms with Gasteiger partial charge in [0.05, 0.1) is 5.56 Å². The Morgan fingerprint density at radius 3 is 2.71 bits per heavy atom. The van der Waals surface area contributed by atoms with E-state index in [4.69, 9.17) is 15.7 Å². The van der Waals surface area contributed by atoms with Crippen LogP contribution in [0.2, 0.25) is 0 Å². The highest BCUT2D eigenvalue weighted by Gasteiger charge is 2.08. The highest BCUT2D eigenvalue weighted by Crippen LogP contribution is 2.17. The molecule has 5 heteroatoms. The van der Waals surface area contributed by atoms with Gasteiger partial charge in [-0.3, -0.25) is 4.79 Å². The number of nitrogens with two attached hydrogens (primary N) is 1. The number of rotatable bonds is 2. The van der Waals surface area contributed by atoms with Crippen molar-refractivity contribution in [2.45, 2.75) is 6.92 Å². The van der Waals surface area contributed by atoms with Crippen molar-refractivity contribution in [3.8, 4) is 5.75 Å². The predicted octanol–water partition coefficient (Wildman–Crippen LogP) is 0.706. The molecule has 1 aromatic rings. The molecule has 0 radical (unpaired) electrons. The zero-order valence-electron chi connectivity index (χ0n) is 7.60. The molecule has 3 N–H and O–H groups in total. The van der Waals surface area contributed by atoms with Crippen LogP contribution in [0.4, 0.5) is 0 Å². The van der Waals surface area contributed by atoms with E-state index in [-0.39, 0.29) is 11.6 Å². The minimum absolute atomic E-state index is 0.0955. The molecule has 0 saturated carbocycles. The van der Waals surface area contributed by atoms with E-state index in [0.717, 1.165) is 0 Å². The van der Waals surface area contributed by atoms with Gasteiger partial charge in [-0.15, -0.1) is 0 Å². The van der Waals surface area contributed by atoms with Gasteiger partial charge >= 0.3 is 5.97 Å². The van der Waals surface area contributed by atoms with Gasteiger partial charge in [-0.2, -0.15) is 0 Å². The Kier molecular flexibility index (Phi) is 3.06. The first kappa shape index (κ1) is 10.0. The van der Waals surface area contributed by atoms with Crippen molar-refractivity contribution in [2.24, 2.45) is 10.9 Å².